The molecule has 4 aromatic rings. The summed E-state index contributed by atoms with van der Waals surface area (Å²) in [7, 11) is 0. The van der Waals surface area contributed by atoms with Crippen LogP contribution in [0.4, 0.5) is 5.82 Å². The molecule has 1 saturated heterocycles. The van der Waals surface area contributed by atoms with Gasteiger partial charge >= 0.3 is 0 Å². The summed E-state index contributed by atoms with van der Waals surface area (Å²) in [4.78, 5) is 12.5. The molecule has 0 spiro atoms. The molecule has 0 saturated carbocycles. The number of nitrogens with zero attached hydrogens (tertiary/aromatic N) is 3. The molecule has 0 amide bonds. The molecule has 2 atom stereocenters. The van der Waals surface area contributed by atoms with Crippen LogP contribution < -0.4 is 10.6 Å². The third-order valence-electron chi connectivity index (χ3n) is 5.10. The first-order valence-electron chi connectivity index (χ1n) is 8.97. The molecule has 0 radical (unpaired) electrons. The number of fused-ring (bicyclic) bond motifs is 2. The molecule has 4 N–H and O–H groups in total. The van der Waals surface area contributed by atoms with Gasteiger partial charge in [0, 0.05) is 41.6 Å². The summed E-state index contributed by atoms with van der Waals surface area (Å²) >= 11 is 6.68. The van der Waals surface area contributed by atoms with Gasteiger partial charge in [0.25, 0.3) is 0 Å². The third kappa shape index (κ3) is 2.75. The zero-order chi connectivity index (χ0) is 18.4. The Morgan fingerprint density at radius 2 is 2.19 bits per heavy atom. The summed E-state index contributed by atoms with van der Waals surface area (Å²) in [5, 5.41) is 18.5. The first kappa shape index (κ1) is 16.6. The van der Waals surface area contributed by atoms with E-state index >= 15 is 0 Å². The Labute approximate surface area is 160 Å². The first-order chi connectivity index (χ1) is 13.2. The van der Waals surface area contributed by atoms with Gasteiger partial charge in [-0.25, -0.2) is 9.97 Å². The smallest absolute Gasteiger partial charge is 0.181 e. The summed E-state index contributed by atoms with van der Waals surface area (Å²) in [6.07, 6.45) is 5.70. The number of aromatic nitrogens is 4. The summed E-state index contributed by atoms with van der Waals surface area (Å²) in [6, 6.07) is 7.90. The van der Waals surface area contributed by atoms with Gasteiger partial charge in [-0.1, -0.05) is 29.8 Å². The van der Waals surface area contributed by atoms with Crippen molar-refractivity contribution in [3.63, 3.8) is 0 Å². The second kappa shape index (κ2) is 6.53. The van der Waals surface area contributed by atoms with Crippen molar-refractivity contribution >= 4 is 34.0 Å². The van der Waals surface area contributed by atoms with Crippen LogP contribution in [0.5, 0.6) is 0 Å². The van der Waals surface area contributed by atoms with Crippen molar-refractivity contribution in [2.75, 3.05) is 18.4 Å². The van der Waals surface area contributed by atoms with E-state index in [1.54, 1.807) is 6.20 Å². The summed E-state index contributed by atoms with van der Waals surface area (Å²) in [5.74, 6) is 0.609. The van der Waals surface area contributed by atoms with Crippen molar-refractivity contribution in [2.45, 2.75) is 18.6 Å². The van der Waals surface area contributed by atoms with Crippen LogP contribution in [0.25, 0.3) is 27.8 Å². The third-order valence-corrected chi connectivity index (χ3v) is 5.46. The van der Waals surface area contributed by atoms with Gasteiger partial charge in [0.2, 0.25) is 0 Å². The van der Waals surface area contributed by atoms with Gasteiger partial charge in [0.05, 0.1) is 12.1 Å². The molecule has 8 heteroatoms. The van der Waals surface area contributed by atoms with Crippen molar-refractivity contribution < 1.29 is 5.11 Å². The molecule has 0 unspecified atom stereocenters. The number of para-hydroxylation sites is 1. The molecule has 3 aromatic heterocycles. The van der Waals surface area contributed by atoms with E-state index in [9.17, 15) is 5.11 Å². The van der Waals surface area contributed by atoms with Crippen molar-refractivity contribution in [3.8, 4) is 11.3 Å². The standard InChI is InChI=1S/C19H19ClN6O/c20-17-16(12-9-23-13-4-2-1-3-11(12)13)25-18(19-22-7-8-26(17)19)24-14-10-21-6-5-15(14)27/h1-4,7-9,14-15,21,23,27H,5-6,10H2,(H,24,25)/t14-,15+/m1/s1. The predicted molar refractivity (Wildman–Crippen MR) is 106 cm³/mol. The lowest BCUT2D eigenvalue weighted by molar-refractivity contribution is 0.124. The lowest BCUT2D eigenvalue weighted by atomic mass is 10.0. The Morgan fingerprint density at radius 1 is 1.30 bits per heavy atom. The van der Waals surface area contributed by atoms with E-state index in [4.69, 9.17) is 16.6 Å². The number of benzene rings is 1. The van der Waals surface area contributed by atoms with Crippen LogP contribution in [0.15, 0.2) is 42.9 Å². The maximum Gasteiger partial charge on any atom is 0.181 e. The molecule has 1 fully saturated rings. The largest absolute Gasteiger partial charge is 0.391 e. The van der Waals surface area contributed by atoms with Crippen LogP contribution in [0, 0.1) is 0 Å². The van der Waals surface area contributed by atoms with Gasteiger partial charge in [-0.05, 0) is 19.0 Å². The highest BCUT2D eigenvalue weighted by Crippen LogP contribution is 2.34. The second-order valence-corrected chi connectivity index (χ2v) is 7.14. The lowest BCUT2D eigenvalue weighted by Crippen LogP contribution is -2.48. The summed E-state index contributed by atoms with van der Waals surface area (Å²) in [5.41, 5.74) is 3.26. The number of rotatable bonds is 3. The van der Waals surface area contributed by atoms with Gasteiger partial charge < -0.3 is 20.7 Å². The van der Waals surface area contributed by atoms with E-state index in [0.29, 0.717) is 35.3 Å². The van der Waals surface area contributed by atoms with Gasteiger partial charge in [-0.3, -0.25) is 4.40 Å². The molecule has 27 heavy (non-hydrogen) atoms. The number of imidazole rings is 1. The molecule has 138 valence electrons. The maximum atomic E-state index is 10.3. The van der Waals surface area contributed by atoms with Gasteiger partial charge in [0.1, 0.15) is 10.8 Å². The molecule has 1 aliphatic rings. The normalized spacial score (nSPS) is 20.4. The van der Waals surface area contributed by atoms with Crippen LogP contribution >= 0.6 is 11.6 Å². The van der Waals surface area contributed by atoms with E-state index in [1.165, 1.54) is 0 Å². The molecular weight excluding hydrogens is 364 g/mol. The van der Waals surface area contributed by atoms with E-state index in [0.717, 1.165) is 23.0 Å². The first-order valence-corrected chi connectivity index (χ1v) is 9.34. The minimum atomic E-state index is -0.435. The highest BCUT2D eigenvalue weighted by Gasteiger charge is 2.25. The zero-order valence-electron chi connectivity index (χ0n) is 14.5. The monoisotopic (exact) mass is 382 g/mol. The molecule has 0 aliphatic carbocycles. The lowest BCUT2D eigenvalue weighted by Gasteiger charge is -2.29. The minimum absolute atomic E-state index is 0.135. The highest BCUT2D eigenvalue weighted by molar-refractivity contribution is 6.32. The zero-order valence-corrected chi connectivity index (χ0v) is 15.2. The number of nitrogens with one attached hydrogen (secondary N) is 3. The van der Waals surface area contributed by atoms with Crippen LogP contribution in [0.3, 0.4) is 0 Å². The van der Waals surface area contributed by atoms with Crippen LogP contribution in [0.1, 0.15) is 6.42 Å². The number of hydrogen-bond acceptors (Lipinski definition) is 5. The van der Waals surface area contributed by atoms with E-state index in [2.05, 4.69) is 20.6 Å². The van der Waals surface area contributed by atoms with E-state index in [1.807, 2.05) is 41.1 Å². The number of aliphatic hydroxyl groups is 1. The van der Waals surface area contributed by atoms with Crippen molar-refractivity contribution in [1.82, 2.24) is 24.7 Å². The predicted octanol–water partition coefficient (Wildman–Crippen LogP) is 2.67. The van der Waals surface area contributed by atoms with Crippen LogP contribution in [-0.2, 0) is 0 Å². The average molecular weight is 383 g/mol. The number of hydrogen-bond donors (Lipinski definition) is 4. The van der Waals surface area contributed by atoms with Gasteiger partial charge in [-0.2, -0.15) is 0 Å². The summed E-state index contributed by atoms with van der Waals surface area (Å²) in [6.45, 7) is 1.48. The van der Waals surface area contributed by atoms with Crippen molar-refractivity contribution in [2.24, 2.45) is 0 Å². The van der Waals surface area contributed by atoms with Gasteiger partial charge in [-0.15, -0.1) is 0 Å². The molecular formula is C19H19ClN6O. The number of aromatic amines is 1. The number of aliphatic hydroxyl groups excluding tert-OH is 1. The summed E-state index contributed by atoms with van der Waals surface area (Å²) < 4.78 is 1.82. The minimum Gasteiger partial charge on any atom is -0.391 e. The van der Waals surface area contributed by atoms with Crippen molar-refractivity contribution in [1.29, 1.82) is 0 Å². The fourth-order valence-corrected chi connectivity index (χ4v) is 3.94. The SMILES string of the molecule is O[C@H]1CCNC[C@H]1Nc1nc(-c2c[nH]c3ccccc23)c(Cl)n2ccnc12. The van der Waals surface area contributed by atoms with Crippen LogP contribution in [0.2, 0.25) is 5.15 Å². The topological polar surface area (TPSA) is 90.3 Å². The maximum absolute atomic E-state index is 10.3. The van der Waals surface area contributed by atoms with Crippen molar-refractivity contribution in [3.05, 3.63) is 48.0 Å². The molecule has 1 aromatic carbocycles. The Balaban J connectivity index is 1.66. The Kier molecular flexibility index (Phi) is 4.00. The fraction of sp³-hybridized carbons (Fsp3) is 0.263. The molecule has 5 rings (SSSR count). The fourth-order valence-electron chi connectivity index (χ4n) is 3.66. The number of H-pyrrole nitrogens is 1. The quantitative estimate of drug-likeness (QED) is 0.437. The number of piperidine rings is 1. The van der Waals surface area contributed by atoms with Gasteiger partial charge in [0.15, 0.2) is 11.5 Å². The molecule has 0 bridgehead atoms. The number of anilines is 1. The average Bonchev–Trinajstić information content (AvgIpc) is 3.33. The Bertz CT molecular complexity index is 1120. The molecule has 4 heterocycles. The Hall–Kier alpha value is -2.61. The highest BCUT2D eigenvalue weighted by atomic mass is 35.5. The molecule has 7 nitrogen and oxygen atoms in total. The second-order valence-electron chi connectivity index (χ2n) is 6.78. The Morgan fingerprint density at radius 3 is 3.07 bits per heavy atom. The molecule has 1 aliphatic heterocycles. The van der Waals surface area contributed by atoms with E-state index < -0.39 is 6.10 Å². The number of halogens is 1. The van der Waals surface area contributed by atoms with E-state index in [-0.39, 0.29) is 6.04 Å². The van der Waals surface area contributed by atoms with Crippen LogP contribution in [-0.4, -0.2) is 49.7 Å².